The molecule has 0 atom stereocenters. The van der Waals surface area contributed by atoms with Gasteiger partial charge in [0.25, 0.3) is 5.91 Å². The van der Waals surface area contributed by atoms with Crippen molar-refractivity contribution >= 4 is 28.8 Å². The average Bonchev–Trinajstić information content (AvgIpc) is 3.18. The molecule has 144 valence electrons. The second-order valence-electron chi connectivity index (χ2n) is 6.48. The minimum absolute atomic E-state index is 0.219. The van der Waals surface area contributed by atoms with Gasteiger partial charge in [0.05, 0.1) is 7.11 Å². The molecule has 0 saturated carbocycles. The molecule has 1 fully saturated rings. The molecule has 1 saturated heterocycles. The van der Waals surface area contributed by atoms with Crippen molar-refractivity contribution in [1.29, 1.82) is 0 Å². The van der Waals surface area contributed by atoms with Crippen molar-refractivity contribution in [2.24, 2.45) is 0 Å². The number of anilines is 1. The molecule has 2 aromatic rings. The van der Waals surface area contributed by atoms with Gasteiger partial charge in [-0.1, -0.05) is 11.3 Å². The van der Waals surface area contributed by atoms with Crippen LogP contribution in [0.15, 0.2) is 24.3 Å². The van der Waals surface area contributed by atoms with Crippen LogP contribution in [-0.4, -0.2) is 47.1 Å². The van der Waals surface area contributed by atoms with Crippen molar-refractivity contribution < 1.29 is 14.3 Å². The lowest BCUT2D eigenvalue weighted by Crippen LogP contribution is -2.35. The summed E-state index contributed by atoms with van der Waals surface area (Å²) in [6.07, 6.45) is 5.34. The molecule has 1 aromatic carbocycles. The fourth-order valence-electron chi connectivity index (χ4n) is 3.00. The van der Waals surface area contributed by atoms with E-state index in [0.29, 0.717) is 23.5 Å². The zero-order valence-corrected chi connectivity index (χ0v) is 16.3. The number of rotatable bonds is 7. The van der Waals surface area contributed by atoms with Crippen molar-refractivity contribution in [1.82, 2.24) is 15.1 Å². The average molecular weight is 388 g/mol. The summed E-state index contributed by atoms with van der Waals surface area (Å²) >= 11 is 1.27. The number of piperidine rings is 1. The summed E-state index contributed by atoms with van der Waals surface area (Å²) in [6.45, 7) is 1.76. The van der Waals surface area contributed by atoms with Crippen LogP contribution in [0.1, 0.15) is 46.9 Å². The zero-order chi connectivity index (χ0) is 19.1. The van der Waals surface area contributed by atoms with E-state index in [4.69, 9.17) is 4.74 Å². The first-order valence-electron chi connectivity index (χ1n) is 9.21. The lowest BCUT2D eigenvalue weighted by Gasteiger charge is -2.26. The molecular formula is C19H24N4O3S. The number of carbonyl (C=O) groups is 2. The number of carbonyl (C=O) groups excluding carboxylic acids is 2. The van der Waals surface area contributed by atoms with Crippen LogP contribution in [0.25, 0.3) is 0 Å². The number of nitrogens with zero attached hydrogens (tertiary/aromatic N) is 3. The SMILES string of the molecule is COc1ccc(NC(=O)c2nnc(CCCC(=O)N3CCCCC3)s2)cc1. The van der Waals surface area contributed by atoms with Crippen molar-refractivity contribution in [2.45, 2.75) is 38.5 Å². The smallest absolute Gasteiger partial charge is 0.286 e. The van der Waals surface area contributed by atoms with E-state index in [2.05, 4.69) is 15.5 Å². The first kappa shape index (κ1) is 19.3. The lowest BCUT2D eigenvalue weighted by atomic mass is 10.1. The molecule has 2 amide bonds. The summed E-state index contributed by atoms with van der Waals surface area (Å²) in [7, 11) is 1.59. The maximum atomic E-state index is 12.3. The number of benzene rings is 1. The molecule has 7 nitrogen and oxygen atoms in total. The Morgan fingerprint density at radius 3 is 2.59 bits per heavy atom. The molecule has 0 bridgehead atoms. The third kappa shape index (κ3) is 5.50. The van der Waals surface area contributed by atoms with E-state index in [1.165, 1.54) is 17.8 Å². The molecule has 8 heteroatoms. The van der Waals surface area contributed by atoms with Crippen LogP contribution in [0.2, 0.25) is 0 Å². The molecule has 1 N–H and O–H groups in total. The number of methoxy groups -OCH3 is 1. The molecule has 0 unspecified atom stereocenters. The van der Waals surface area contributed by atoms with Gasteiger partial charge in [0, 0.05) is 31.6 Å². The Bertz CT molecular complexity index is 770. The van der Waals surface area contributed by atoms with Crippen LogP contribution >= 0.6 is 11.3 Å². The predicted molar refractivity (Wildman–Crippen MR) is 104 cm³/mol. The largest absolute Gasteiger partial charge is 0.497 e. The Morgan fingerprint density at radius 2 is 1.89 bits per heavy atom. The number of hydrogen-bond acceptors (Lipinski definition) is 6. The normalized spacial score (nSPS) is 14.0. The minimum Gasteiger partial charge on any atom is -0.497 e. The van der Waals surface area contributed by atoms with Gasteiger partial charge in [0.2, 0.25) is 10.9 Å². The second-order valence-corrected chi connectivity index (χ2v) is 7.54. The van der Waals surface area contributed by atoms with Gasteiger partial charge in [-0.05, 0) is 49.9 Å². The van der Waals surface area contributed by atoms with Gasteiger partial charge >= 0.3 is 0 Å². The van der Waals surface area contributed by atoms with Gasteiger partial charge in [-0.25, -0.2) is 0 Å². The van der Waals surface area contributed by atoms with E-state index in [0.717, 1.165) is 43.1 Å². The molecule has 2 heterocycles. The van der Waals surface area contributed by atoms with Crippen LogP contribution in [-0.2, 0) is 11.2 Å². The highest BCUT2D eigenvalue weighted by atomic mass is 32.1. The molecule has 1 aliphatic rings. The van der Waals surface area contributed by atoms with Crippen LogP contribution in [0.5, 0.6) is 5.75 Å². The summed E-state index contributed by atoms with van der Waals surface area (Å²) in [6, 6.07) is 7.09. The van der Waals surface area contributed by atoms with Gasteiger partial charge < -0.3 is 15.0 Å². The highest BCUT2D eigenvalue weighted by Crippen LogP contribution is 2.18. The van der Waals surface area contributed by atoms with Crippen molar-refractivity contribution in [3.05, 3.63) is 34.3 Å². The highest BCUT2D eigenvalue weighted by molar-refractivity contribution is 7.13. The number of aromatic nitrogens is 2. The Balaban J connectivity index is 1.45. The van der Waals surface area contributed by atoms with Gasteiger partial charge in [0.1, 0.15) is 10.8 Å². The highest BCUT2D eigenvalue weighted by Gasteiger charge is 2.17. The molecule has 0 radical (unpaired) electrons. The quantitative estimate of drug-likeness (QED) is 0.788. The second kappa shape index (κ2) is 9.45. The number of amides is 2. The van der Waals surface area contributed by atoms with Crippen molar-refractivity contribution in [3.8, 4) is 5.75 Å². The van der Waals surface area contributed by atoms with Gasteiger partial charge in [-0.2, -0.15) is 0 Å². The van der Waals surface area contributed by atoms with E-state index < -0.39 is 0 Å². The molecule has 27 heavy (non-hydrogen) atoms. The predicted octanol–water partition coefficient (Wildman–Crippen LogP) is 3.13. The summed E-state index contributed by atoms with van der Waals surface area (Å²) in [5, 5.41) is 11.9. The number of nitrogens with one attached hydrogen (secondary N) is 1. The van der Waals surface area contributed by atoms with Gasteiger partial charge in [-0.15, -0.1) is 10.2 Å². The topological polar surface area (TPSA) is 84.4 Å². The molecule has 3 rings (SSSR count). The number of hydrogen-bond donors (Lipinski definition) is 1. The first-order chi connectivity index (χ1) is 13.2. The lowest BCUT2D eigenvalue weighted by molar-refractivity contribution is -0.132. The summed E-state index contributed by atoms with van der Waals surface area (Å²) < 4.78 is 5.10. The van der Waals surface area contributed by atoms with E-state index in [-0.39, 0.29) is 11.8 Å². The Labute approximate surface area is 162 Å². The molecule has 0 aliphatic carbocycles. The van der Waals surface area contributed by atoms with Crippen LogP contribution in [0, 0.1) is 0 Å². The van der Waals surface area contributed by atoms with Crippen LogP contribution in [0.4, 0.5) is 5.69 Å². The van der Waals surface area contributed by atoms with Crippen LogP contribution in [0.3, 0.4) is 0 Å². The monoisotopic (exact) mass is 388 g/mol. The standard InChI is InChI=1S/C19H24N4O3S/c1-26-15-10-8-14(9-11-15)20-18(25)19-22-21-16(27-19)6-5-7-17(24)23-12-3-2-4-13-23/h8-11H,2-7,12-13H2,1H3,(H,20,25). The Hall–Kier alpha value is -2.48. The Morgan fingerprint density at radius 1 is 1.15 bits per heavy atom. The summed E-state index contributed by atoms with van der Waals surface area (Å²) in [4.78, 5) is 26.4. The fourth-order valence-corrected chi connectivity index (χ4v) is 3.77. The third-order valence-corrected chi connectivity index (χ3v) is 5.48. The summed E-state index contributed by atoms with van der Waals surface area (Å²) in [5.41, 5.74) is 0.671. The third-order valence-electron chi connectivity index (χ3n) is 4.50. The number of ether oxygens (including phenoxy) is 1. The maximum Gasteiger partial charge on any atom is 0.286 e. The molecular weight excluding hydrogens is 364 g/mol. The van der Waals surface area contributed by atoms with E-state index in [1.807, 2.05) is 4.90 Å². The van der Waals surface area contributed by atoms with E-state index >= 15 is 0 Å². The number of likely N-dealkylation sites (tertiary alicyclic amines) is 1. The van der Waals surface area contributed by atoms with Crippen molar-refractivity contribution in [3.63, 3.8) is 0 Å². The molecule has 0 spiro atoms. The van der Waals surface area contributed by atoms with Crippen LogP contribution < -0.4 is 10.1 Å². The van der Waals surface area contributed by atoms with Gasteiger partial charge in [0.15, 0.2) is 0 Å². The Kier molecular flexibility index (Phi) is 6.75. The van der Waals surface area contributed by atoms with E-state index in [9.17, 15) is 9.59 Å². The van der Waals surface area contributed by atoms with Crippen molar-refractivity contribution in [2.75, 3.05) is 25.5 Å². The fraction of sp³-hybridized carbons (Fsp3) is 0.474. The van der Waals surface area contributed by atoms with Gasteiger partial charge in [-0.3, -0.25) is 9.59 Å². The number of aryl methyl sites for hydroxylation is 1. The van der Waals surface area contributed by atoms with E-state index in [1.54, 1.807) is 31.4 Å². The molecule has 1 aliphatic heterocycles. The zero-order valence-electron chi connectivity index (χ0n) is 15.4. The first-order valence-corrected chi connectivity index (χ1v) is 10.0. The minimum atomic E-state index is -0.284. The maximum absolute atomic E-state index is 12.3. The summed E-state index contributed by atoms with van der Waals surface area (Å²) in [5.74, 6) is 0.662. The molecule has 1 aromatic heterocycles.